The van der Waals surface area contributed by atoms with Crippen molar-refractivity contribution in [1.82, 2.24) is 0 Å². The van der Waals surface area contributed by atoms with E-state index in [2.05, 4.69) is 11.1 Å². The molecule has 1 aliphatic heterocycles. The van der Waals surface area contributed by atoms with E-state index < -0.39 is 5.41 Å². The number of nitrogens with zero attached hydrogens (tertiary/aromatic N) is 2. The number of methoxy groups -OCH3 is 1. The molecule has 1 aromatic carbocycles. The van der Waals surface area contributed by atoms with Crippen molar-refractivity contribution in [3.63, 3.8) is 0 Å². The Kier molecular flexibility index (Phi) is 2.94. The SMILES string of the molecule is COC1=Nc2ccccc2[C@H]2[C@@H](C(=O)C34CC5CC(CC(C5)C3)C4)[C@@]12C#N. The number of carbonyl (C=O) groups excluding carboxylic acids is 1. The van der Waals surface area contributed by atoms with E-state index in [1.54, 1.807) is 7.11 Å². The summed E-state index contributed by atoms with van der Waals surface area (Å²) in [6.07, 6.45) is 7.09. The molecule has 4 heteroatoms. The standard InChI is InChI=1S/C23H24N2O2/c1-27-21-23(12-24)18(16-4-2-3-5-17(16)25-21)19(23)20(26)22-9-13-6-14(10-22)8-15(7-13)11-22/h2-5,13-15,18-19H,6-11H2,1H3/t13?,14?,15?,18-,19-,22?,23-/m0/s1. The lowest BCUT2D eigenvalue weighted by atomic mass is 9.48. The van der Waals surface area contributed by atoms with Gasteiger partial charge < -0.3 is 4.74 Å². The number of carbonyl (C=O) groups is 1. The maximum Gasteiger partial charge on any atom is 0.210 e. The minimum atomic E-state index is -0.885. The van der Waals surface area contributed by atoms with Gasteiger partial charge in [-0.25, -0.2) is 4.99 Å². The second-order valence-electron chi connectivity index (χ2n) is 9.68. The molecule has 0 saturated heterocycles. The van der Waals surface area contributed by atoms with Gasteiger partial charge in [-0.1, -0.05) is 18.2 Å². The Hall–Kier alpha value is -2.15. The third-order valence-electron chi connectivity index (χ3n) is 8.27. The summed E-state index contributed by atoms with van der Waals surface area (Å²) in [6, 6.07) is 10.4. The normalized spacial score (nSPS) is 45.3. The number of rotatable bonds is 2. The Balaban J connectivity index is 1.44. The zero-order valence-corrected chi connectivity index (χ0v) is 15.6. The zero-order chi connectivity index (χ0) is 18.4. The number of Topliss-reactive ketones (excluding diaryl/α,β-unsaturated/α-hetero) is 1. The first-order chi connectivity index (χ1) is 13.1. The molecule has 0 unspecified atom stereocenters. The Bertz CT molecular complexity index is 891. The van der Waals surface area contributed by atoms with Crippen LogP contribution >= 0.6 is 0 Å². The minimum absolute atomic E-state index is 0.0911. The molecule has 5 fully saturated rings. The summed E-state index contributed by atoms with van der Waals surface area (Å²) in [5, 5.41) is 10.2. The molecule has 4 nitrogen and oxygen atoms in total. The molecule has 0 aromatic heterocycles. The van der Waals surface area contributed by atoms with E-state index in [1.807, 2.05) is 24.3 Å². The Morgan fingerprint density at radius 2 is 1.78 bits per heavy atom. The summed E-state index contributed by atoms with van der Waals surface area (Å²) in [5.74, 6) is 2.57. The first kappa shape index (κ1) is 15.9. The second kappa shape index (κ2) is 5.01. The molecule has 5 aliphatic carbocycles. The summed E-state index contributed by atoms with van der Waals surface area (Å²) in [6.45, 7) is 0. The highest BCUT2D eigenvalue weighted by Gasteiger charge is 2.77. The van der Waals surface area contributed by atoms with Crippen molar-refractivity contribution < 1.29 is 9.53 Å². The first-order valence-corrected chi connectivity index (χ1v) is 10.3. The molecule has 0 radical (unpaired) electrons. The van der Waals surface area contributed by atoms with Gasteiger partial charge in [-0.2, -0.15) is 5.26 Å². The number of ketones is 1. The first-order valence-electron chi connectivity index (χ1n) is 10.3. The number of hydrogen-bond donors (Lipinski definition) is 0. The highest BCUT2D eigenvalue weighted by atomic mass is 16.5. The van der Waals surface area contributed by atoms with Crippen molar-refractivity contribution >= 4 is 17.4 Å². The van der Waals surface area contributed by atoms with Crippen LogP contribution in [0.25, 0.3) is 0 Å². The average molecular weight is 360 g/mol. The van der Waals surface area contributed by atoms with Crippen molar-refractivity contribution in [3.05, 3.63) is 29.8 Å². The van der Waals surface area contributed by atoms with Crippen LogP contribution in [-0.4, -0.2) is 18.8 Å². The molecular formula is C23H24N2O2. The fraction of sp³-hybridized carbons (Fsp3) is 0.609. The number of fused-ring (bicyclic) bond motifs is 3. The quantitative estimate of drug-likeness (QED) is 0.786. The number of aliphatic imine (C=N–C) groups is 1. The van der Waals surface area contributed by atoms with Crippen molar-refractivity contribution in [2.24, 2.45) is 39.5 Å². The number of ether oxygens (including phenoxy) is 1. The van der Waals surface area contributed by atoms with E-state index >= 15 is 0 Å². The number of nitriles is 1. The van der Waals surface area contributed by atoms with Crippen LogP contribution in [0.4, 0.5) is 5.69 Å². The van der Waals surface area contributed by atoms with Gasteiger partial charge in [-0.3, -0.25) is 4.79 Å². The lowest BCUT2D eigenvalue weighted by molar-refractivity contribution is -0.145. The third kappa shape index (κ3) is 1.83. The van der Waals surface area contributed by atoms with Crippen LogP contribution in [0.2, 0.25) is 0 Å². The molecule has 1 heterocycles. The molecule has 7 rings (SSSR count). The molecule has 138 valence electrons. The van der Waals surface area contributed by atoms with Crippen LogP contribution < -0.4 is 0 Å². The van der Waals surface area contributed by atoms with Gasteiger partial charge in [0.1, 0.15) is 5.78 Å². The lowest BCUT2D eigenvalue weighted by Gasteiger charge is -2.56. The zero-order valence-electron chi connectivity index (χ0n) is 15.6. The molecule has 0 N–H and O–H groups in total. The van der Waals surface area contributed by atoms with Gasteiger partial charge in [-0.15, -0.1) is 0 Å². The van der Waals surface area contributed by atoms with Gasteiger partial charge in [0.25, 0.3) is 0 Å². The predicted octanol–water partition coefficient (Wildman–Crippen LogP) is 4.39. The van der Waals surface area contributed by atoms with Crippen LogP contribution in [-0.2, 0) is 9.53 Å². The summed E-state index contributed by atoms with van der Waals surface area (Å²) >= 11 is 0. The van der Waals surface area contributed by atoms with Crippen molar-refractivity contribution in [3.8, 4) is 6.07 Å². The smallest absolute Gasteiger partial charge is 0.210 e. The fourth-order valence-electron chi connectivity index (χ4n) is 7.63. The van der Waals surface area contributed by atoms with Crippen LogP contribution in [0.5, 0.6) is 0 Å². The van der Waals surface area contributed by atoms with Gasteiger partial charge in [0, 0.05) is 11.3 Å². The van der Waals surface area contributed by atoms with Crippen LogP contribution in [0, 0.1) is 45.8 Å². The topological polar surface area (TPSA) is 62.4 Å². The molecule has 4 bridgehead atoms. The van der Waals surface area contributed by atoms with Gasteiger partial charge in [0.15, 0.2) is 5.41 Å². The molecule has 6 aliphatic rings. The molecule has 0 amide bonds. The lowest BCUT2D eigenvalue weighted by Crippen LogP contribution is -2.51. The molecule has 27 heavy (non-hydrogen) atoms. The van der Waals surface area contributed by atoms with Crippen molar-refractivity contribution in [2.75, 3.05) is 7.11 Å². The van der Waals surface area contributed by atoms with E-state index in [1.165, 1.54) is 19.3 Å². The van der Waals surface area contributed by atoms with Crippen LogP contribution in [0.3, 0.4) is 0 Å². The van der Waals surface area contributed by atoms with E-state index in [0.29, 0.717) is 11.7 Å². The summed E-state index contributed by atoms with van der Waals surface area (Å²) in [4.78, 5) is 18.6. The van der Waals surface area contributed by atoms with Crippen molar-refractivity contribution in [2.45, 2.75) is 44.4 Å². The van der Waals surface area contributed by atoms with Crippen LogP contribution in [0.1, 0.15) is 50.0 Å². The summed E-state index contributed by atoms with van der Waals surface area (Å²) < 4.78 is 5.57. The maximum absolute atomic E-state index is 14.0. The van der Waals surface area contributed by atoms with E-state index in [4.69, 9.17) is 4.74 Å². The Morgan fingerprint density at radius 1 is 1.15 bits per heavy atom. The summed E-state index contributed by atoms with van der Waals surface area (Å²) in [5.41, 5.74) is 0.826. The van der Waals surface area contributed by atoms with Gasteiger partial charge >= 0.3 is 0 Å². The predicted molar refractivity (Wildman–Crippen MR) is 100 cm³/mol. The molecular weight excluding hydrogens is 336 g/mol. The highest BCUT2D eigenvalue weighted by molar-refractivity contribution is 6.06. The second-order valence-corrected chi connectivity index (χ2v) is 9.68. The molecule has 1 aromatic rings. The number of benzene rings is 1. The number of hydrogen-bond acceptors (Lipinski definition) is 4. The monoisotopic (exact) mass is 360 g/mol. The summed E-state index contributed by atoms with van der Waals surface area (Å²) in [7, 11) is 1.58. The van der Waals surface area contributed by atoms with E-state index in [0.717, 1.165) is 48.3 Å². The maximum atomic E-state index is 14.0. The average Bonchev–Trinajstić information content (AvgIpc) is 3.36. The Labute approximate surface area is 159 Å². The Morgan fingerprint density at radius 3 is 2.37 bits per heavy atom. The van der Waals surface area contributed by atoms with Gasteiger partial charge in [-0.05, 0) is 67.9 Å². The molecule has 5 saturated carbocycles. The van der Waals surface area contributed by atoms with Crippen LogP contribution in [0.15, 0.2) is 29.3 Å². The van der Waals surface area contributed by atoms with Crippen molar-refractivity contribution in [1.29, 1.82) is 5.26 Å². The highest BCUT2D eigenvalue weighted by Crippen LogP contribution is 2.73. The minimum Gasteiger partial charge on any atom is -0.483 e. The van der Waals surface area contributed by atoms with E-state index in [9.17, 15) is 10.1 Å². The fourth-order valence-corrected chi connectivity index (χ4v) is 7.63. The van der Waals surface area contributed by atoms with E-state index in [-0.39, 0.29) is 17.3 Å². The van der Waals surface area contributed by atoms with Gasteiger partial charge in [0.2, 0.25) is 5.90 Å². The molecule has 0 spiro atoms. The largest absolute Gasteiger partial charge is 0.483 e. The molecule has 3 atom stereocenters. The van der Waals surface area contributed by atoms with Gasteiger partial charge in [0.05, 0.1) is 24.8 Å². The number of para-hydroxylation sites is 1. The third-order valence-corrected chi connectivity index (χ3v) is 8.27.